The molecule has 3 N–H and O–H groups in total. The maximum Gasteiger partial charge on any atom is 0.252 e. The number of nitrogens with zero attached hydrogens (tertiary/aromatic N) is 1. The van der Waals surface area contributed by atoms with E-state index in [1.54, 1.807) is 18.2 Å². The lowest BCUT2D eigenvalue weighted by Gasteiger charge is -2.09. The highest BCUT2D eigenvalue weighted by Gasteiger charge is 2.16. The molecular formula is C19H14ClN3O3S3. The van der Waals surface area contributed by atoms with Crippen LogP contribution in [0.2, 0.25) is 4.34 Å². The lowest BCUT2D eigenvalue weighted by atomic mass is 10.1. The van der Waals surface area contributed by atoms with Crippen molar-refractivity contribution in [3.63, 3.8) is 0 Å². The topological polar surface area (TPSA) is 102 Å². The van der Waals surface area contributed by atoms with Gasteiger partial charge >= 0.3 is 0 Å². The van der Waals surface area contributed by atoms with Crippen molar-refractivity contribution in [2.24, 2.45) is 5.14 Å². The molecule has 1 aromatic carbocycles. The number of sulfonamides is 1. The number of carbonyl (C=O) groups is 1. The maximum atomic E-state index is 12.9. The number of fused-ring (bicyclic) bond motifs is 1. The van der Waals surface area contributed by atoms with E-state index in [4.69, 9.17) is 16.7 Å². The summed E-state index contributed by atoms with van der Waals surface area (Å²) in [5.74, 6) is -0.280. The fourth-order valence-electron chi connectivity index (χ4n) is 2.81. The summed E-state index contributed by atoms with van der Waals surface area (Å²) in [7, 11) is -3.75. The molecule has 148 valence electrons. The SMILES string of the molecule is NS(=O)(=O)c1ccc(CNC(=O)c2cc(-c3ccc(Cl)s3)nc3ccccc23)s1. The summed E-state index contributed by atoms with van der Waals surface area (Å²) in [6.45, 7) is 0.190. The normalized spacial score (nSPS) is 11.7. The van der Waals surface area contributed by atoms with E-state index >= 15 is 0 Å². The van der Waals surface area contributed by atoms with Crippen LogP contribution in [0.1, 0.15) is 15.2 Å². The molecule has 0 aliphatic rings. The molecule has 3 heterocycles. The smallest absolute Gasteiger partial charge is 0.252 e. The molecule has 6 nitrogen and oxygen atoms in total. The Bertz CT molecular complexity index is 1330. The number of amides is 1. The number of nitrogens with two attached hydrogens (primary N) is 1. The van der Waals surface area contributed by atoms with Crippen LogP contribution in [0.5, 0.6) is 0 Å². The number of carbonyl (C=O) groups excluding carboxylic acids is 1. The van der Waals surface area contributed by atoms with Crippen LogP contribution in [0.3, 0.4) is 0 Å². The van der Waals surface area contributed by atoms with Gasteiger partial charge in [-0.25, -0.2) is 18.5 Å². The van der Waals surface area contributed by atoms with Crippen LogP contribution in [0.4, 0.5) is 0 Å². The van der Waals surface area contributed by atoms with Crippen LogP contribution in [0, 0.1) is 0 Å². The monoisotopic (exact) mass is 463 g/mol. The molecule has 0 bridgehead atoms. The maximum absolute atomic E-state index is 12.9. The Morgan fingerprint density at radius 1 is 1.10 bits per heavy atom. The molecule has 0 radical (unpaired) electrons. The van der Waals surface area contributed by atoms with Gasteiger partial charge in [-0.2, -0.15) is 0 Å². The third-order valence-electron chi connectivity index (χ3n) is 4.13. The summed E-state index contributed by atoms with van der Waals surface area (Å²) in [4.78, 5) is 19.1. The molecule has 4 rings (SSSR count). The number of halogens is 1. The largest absolute Gasteiger partial charge is 0.347 e. The minimum absolute atomic E-state index is 0.0629. The quantitative estimate of drug-likeness (QED) is 0.461. The second-order valence-corrected chi connectivity index (χ2v) is 10.8. The molecule has 29 heavy (non-hydrogen) atoms. The number of benzene rings is 1. The zero-order valence-corrected chi connectivity index (χ0v) is 18.0. The average molecular weight is 464 g/mol. The van der Waals surface area contributed by atoms with Crippen LogP contribution in [-0.2, 0) is 16.6 Å². The van der Waals surface area contributed by atoms with Gasteiger partial charge in [0.25, 0.3) is 5.91 Å². The molecule has 0 aliphatic carbocycles. The van der Waals surface area contributed by atoms with Crippen molar-refractivity contribution in [2.45, 2.75) is 10.8 Å². The number of nitrogens with one attached hydrogen (secondary N) is 1. The lowest BCUT2D eigenvalue weighted by molar-refractivity contribution is 0.0953. The Labute approximate surface area is 180 Å². The Morgan fingerprint density at radius 3 is 2.59 bits per heavy atom. The number of aromatic nitrogens is 1. The van der Waals surface area contributed by atoms with E-state index in [1.807, 2.05) is 30.3 Å². The van der Waals surface area contributed by atoms with Crippen molar-refractivity contribution in [2.75, 3.05) is 0 Å². The predicted octanol–water partition coefficient (Wildman–Crippen LogP) is 4.26. The van der Waals surface area contributed by atoms with Gasteiger partial charge in [-0.05, 0) is 36.4 Å². The summed E-state index contributed by atoms with van der Waals surface area (Å²) >= 11 is 8.46. The summed E-state index contributed by atoms with van der Waals surface area (Å²) in [6.07, 6.45) is 0. The van der Waals surface area contributed by atoms with Gasteiger partial charge in [-0.3, -0.25) is 4.79 Å². The second kappa shape index (κ2) is 7.85. The zero-order valence-electron chi connectivity index (χ0n) is 14.8. The van der Waals surface area contributed by atoms with Gasteiger partial charge in [0.15, 0.2) is 0 Å². The molecule has 10 heteroatoms. The van der Waals surface area contributed by atoms with Gasteiger partial charge in [0.1, 0.15) is 4.21 Å². The first-order valence-electron chi connectivity index (χ1n) is 8.36. The van der Waals surface area contributed by atoms with Gasteiger partial charge in [-0.1, -0.05) is 29.8 Å². The van der Waals surface area contributed by atoms with Crippen LogP contribution < -0.4 is 10.5 Å². The third kappa shape index (κ3) is 4.34. The van der Waals surface area contributed by atoms with Crippen LogP contribution in [0.25, 0.3) is 21.5 Å². The molecule has 0 unspecified atom stereocenters. The van der Waals surface area contributed by atoms with Crippen LogP contribution >= 0.6 is 34.3 Å². The first kappa shape index (κ1) is 20.0. The number of para-hydroxylation sites is 1. The standard InChI is InChI=1S/C19H14ClN3O3S3/c20-17-7-6-16(28-17)15-9-13(12-3-1-2-4-14(12)23-15)19(24)22-10-11-5-8-18(27-11)29(21,25)26/h1-9H,10H2,(H,22,24)(H2,21,25,26). The molecular weight excluding hydrogens is 450 g/mol. The highest BCUT2D eigenvalue weighted by molar-refractivity contribution is 7.91. The molecule has 3 aromatic heterocycles. The van der Waals surface area contributed by atoms with E-state index < -0.39 is 10.0 Å². The van der Waals surface area contributed by atoms with Gasteiger partial charge in [0, 0.05) is 10.3 Å². The molecule has 0 fully saturated rings. The second-order valence-electron chi connectivity index (χ2n) is 6.12. The van der Waals surface area contributed by atoms with E-state index in [0.717, 1.165) is 21.6 Å². The minimum Gasteiger partial charge on any atom is -0.347 e. The van der Waals surface area contributed by atoms with Crippen LogP contribution in [-0.4, -0.2) is 19.3 Å². The summed E-state index contributed by atoms with van der Waals surface area (Å²) in [5, 5.41) is 8.70. The number of hydrogen-bond donors (Lipinski definition) is 2. The number of pyridine rings is 1. The third-order valence-corrected chi connectivity index (χ3v) is 7.90. The number of thiophene rings is 2. The van der Waals surface area contributed by atoms with E-state index in [9.17, 15) is 13.2 Å². The summed E-state index contributed by atoms with van der Waals surface area (Å²) in [6, 6.07) is 15.9. The molecule has 0 atom stereocenters. The Morgan fingerprint density at radius 2 is 1.90 bits per heavy atom. The highest BCUT2D eigenvalue weighted by atomic mass is 35.5. The molecule has 0 saturated carbocycles. The van der Waals surface area contributed by atoms with Gasteiger partial charge in [0.05, 0.1) is 32.5 Å². The minimum atomic E-state index is -3.75. The molecule has 1 amide bonds. The Balaban J connectivity index is 1.65. The molecule has 4 aromatic rings. The number of rotatable bonds is 5. The van der Waals surface area contributed by atoms with E-state index in [-0.39, 0.29) is 16.7 Å². The number of hydrogen-bond acceptors (Lipinski definition) is 6. The van der Waals surface area contributed by atoms with E-state index in [2.05, 4.69) is 10.3 Å². The average Bonchev–Trinajstić information content (AvgIpc) is 3.34. The predicted molar refractivity (Wildman–Crippen MR) is 117 cm³/mol. The van der Waals surface area contributed by atoms with Crippen molar-refractivity contribution in [1.82, 2.24) is 10.3 Å². The van der Waals surface area contributed by atoms with Crippen molar-refractivity contribution in [3.8, 4) is 10.6 Å². The van der Waals surface area contributed by atoms with Gasteiger partial charge in [-0.15, -0.1) is 22.7 Å². The highest BCUT2D eigenvalue weighted by Crippen LogP contribution is 2.32. The van der Waals surface area contributed by atoms with Gasteiger partial charge in [0.2, 0.25) is 10.0 Å². The Kier molecular flexibility index (Phi) is 5.41. The van der Waals surface area contributed by atoms with Gasteiger partial charge < -0.3 is 5.32 Å². The van der Waals surface area contributed by atoms with Crippen molar-refractivity contribution in [3.05, 3.63) is 69.4 Å². The number of primary sulfonamides is 1. The van der Waals surface area contributed by atoms with Crippen molar-refractivity contribution < 1.29 is 13.2 Å². The van der Waals surface area contributed by atoms with E-state index in [1.165, 1.54) is 17.4 Å². The molecule has 0 saturated heterocycles. The lowest BCUT2D eigenvalue weighted by Crippen LogP contribution is -2.22. The van der Waals surface area contributed by atoms with Crippen molar-refractivity contribution in [1.29, 1.82) is 0 Å². The van der Waals surface area contributed by atoms with E-state index in [0.29, 0.717) is 26.0 Å². The summed E-state index contributed by atoms with van der Waals surface area (Å²) < 4.78 is 23.5. The Hall–Kier alpha value is -2.30. The molecule has 0 spiro atoms. The fraction of sp³-hybridized carbons (Fsp3) is 0.0526. The zero-order chi connectivity index (χ0) is 20.6. The summed E-state index contributed by atoms with van der Waals surface area (Å²) in [5.41, 5.74) is 1.85. The van der Waals surface area contributed by atoms with Crippen molar-refractivity contribution >= 4 is 61.1 Å². The van der Waals surface area contributed by atoms with Crippen LogP contribution in [0.15, 0.2) is 58.8 Å². The first-order chi connectivity index (χ1) is 13.8. The molecule has 0 aliphatic heterocycles. The fourth-order valence-corrected chi connectivity index (χ4v) is 5.53. The first-order valence-corrected chi connectivity index (χ1v) is 11.9.